The molecule has 0 aliphatic carbocycles. The number of nitrogens with zero attached hydrogens (tertiary/aromatic N) is 4. The van der Waals surface area contributed by atoms with Crippen molar-refractivity contribution in [2.24, 2.45) is 0 Å². The summed E-state index contributed by atoms with van der Waals surface area (Å²) in [6.45, 7) is 5.96. The Labute approximate surface area is 157 Å². The van der Waals surface area contributed by atoms with Crippen molar-refractivity contribution in [3.05, 3.63) is 35.0 Å². The molecule has 0 N–H and O–H groups in total. The van der Waals surface area contributed by atoms with Crippen molar-refractivity contribution in [3.63, 3.8) is 0 Å². The van der Waals surface area contributed by atoms with Crippen LogP contribution in [0, 0.1) is 20.8 Å². The fourth-order valence-corrected chi connectivity index (χ4v) is 2.49. The first kappa shape index (κ1) is 19.6. The minimum absolute atomic E-state index is 0.104. The van der Waals surface area contributed by atoms with E-state index >= 15 is 0 Å². The van der Waals surface area contributed by atoms with Crippen LogP contribution in [0.4, 0.5) is 13.2 Å². The van der Waals surface area contributed by atoms with Crippen LogP contribution in [0.1, 0.15) is 29.3 Å². The number of alkyl halides is 3. The molecule has 0 aliphatic heterocycles. The Morgan fingerprint density at radius 2 is 1.61 bits per heavy atom. The first-order valence-corrected chi connectivity index (χ1v) is 8.32. The summed E-state index contributed by atoms with van der Waals surface area (Å²) in [4.78, 5) is 7.32. The molecule has 8 nitrogen and oxygen atoms in total. The molecule has 0 fully saturated rings. The summed E-state index contributed by atoms with van der Waals surface area (Å²) in [6.07, 6.45) is -4.00. The number of rotatable bonds is 7. The van der Waals surface area contributed by atoms with Crippen LogP contribution in [0.3, 0.4) is 0 Å². The number of aryl methyl sites for hydroxylation is 3. The largest absolute Gasteiger partial charge is 0.493 e. The average molecular weight is 398 g/mol. The topological polar surface area (TPSA) is 96.3 Å². The van der Waals surface area contributed by atoms with E-state index in [0.717, 1.165) is 11.1 Å². The van der Waals surface area contributed by atoms with E-state index in [1.165, 1.54) is 0 Å². The highest BCUT2D eigenvalue weighted by molar-refractivity contribution is 5.61. The molecule has 0 unspecified atom stereocenters. The van der Waals surface area contributed by atoms with Crippen LogP contribution in [0.15, 0.2) is 21.2 Å². The summed E-state index contributed by atoms with van der Waals surface area (Å²) in [6, 6.07) is 3.29. The second-order valence-corrected chi connectivity index (χ2v) is 6.02. The van der Waals surface area contributed by atoms with Crippen molar-refractivity contribution in [3.8, 4) is 23.2 Å². The second kappa shape index (κ2) is 7.87. The lowest BCUT2D eigenvalue weighted by atomic mass is 10.1. The van der Waals surface area contributed by atoms with Gasteiger partial charge in [-0.1, -0.05) is 10.3 Å². The molecule has 2 aromatic heterocycles. The Morgan fingerprint density at radius 1 is 0.929 bits per heavy atom. The summed E-state index contributed by atoms with van der Waals surface area (Å²) in [5.74, 6) is -0.388. The van der Waals surface area contributed by atoms with Crippen molar-refractivity contribution in [1.82, 2.24) is 20.3 Å². The Morgan fingerprint density at radius 3 is 2.18 bits per heavy atom. The van der Waals surface area contributed by atoms with Crippen LogP contribution in [0.2, 0.25) is 0 Å². The molecule has 0 bridgehead atoms. The van der Waals surface area contributed by atoms with Gasteiger partial charge in [-0.3, -0.25) is 4.52 Å². The fraction of sp³-hybridized carbons (Fsp3) is 0.412. The molecule has 11 heteroatoms. The Balaban J connectivity index is 1.59. The zero-order chi connectivity index (χ0) is 20.3. The van der Waals surface area contributed by atoms with Crippen molar-refractivity contribution in [1.29, 1.82) is 0 Å². The number of aromatic nitrogens is 4. The predicted molar refractivity (Wildman–Crippen MR) is 88.9 cm³/mol. The lowest BCUT2D eigenvalue weighted by Crippen LogP contribution is -2.07. The van der Waals surface area contributed by atoms with E-state index in [1.54, 1.807) is 32.9 Å². The molecule has 3 aromatic rings. The van der Waals surface area contributed by atoms with Crippen molar-refractivity contribution >= 4 is 0 Å². The smallest absolute Gasteiger partial charge is 0.471 e. The number of hydrogen-bond donors (Lipinski definition) is 0. The van der Waals surface area contributed by atoms with Crippen LogP contribution in [0.5, 0.6) is 11.8 Å². The minimum atomic E-state index is -4.68. The molecule has 28 heavy (non-hydrogen) atoms. The maximum Gasteiger partial charge on any atom is 0.471 e. The fourth-order valence-electron chi connectivity index (χ4n) is 2.49. The summed E-state index contributed by atoms with van der Waals surface area (Å²) in [5.41, 5.74) is 1.89. The highest BCUT2D eigenvalue weighted by Crippen LogP contribution is 2.32. The van der Waals surface area contributed by atoms with Gasteiger partial charge in [0.15, 0.2) is 5.82 Å². The monoisotopic (exact) mass is 398 g/mol. The SMILES string of the molecule is Cc1noc(OCCCOc2c(C)cc(-c3noc(C(F)(F)F)n3)cc2C)n1. The van der Waals surface area contributed by atoms with E-state index in [0.29, 0.717) is 36.8 Å². The quantitative estimate of drug-likeness (QED) is 0.553. The normalized spacial score (nSPS) is 11.6. The average Bonchev–Trinajstić information content (AvgIpc) is 3.25. The zero-order valence-corrected chi connectivity index (χ0v) is 15.3. The number of halogens is 3. The molecule has 0 atom stereocenters. The van der Waals surface area contributed by atoms with Crippen LogP contribution in [0.25, 0.3) is 11.4 Å². The Kier molecular flexibility index (Phi) is 5.52. The second-order valence-electron chi connectivity index (χ2n) is 6.02. The van der Waals surface area contributed by atoms with Gasteiger partial charge in [0.05, 0.1) is 13.2 Å². The van der Waals surface area contributed by atoms with Gasteiger partial charge < -0.3 is 14.0 Å². The Hall–Kier alpha value is -3.11. The summed E-state index contributed by atoms with van der Waals surface area (Å²) >= 11 is 0. The summed E-state index contributed by atoms with van der Waals surface area (Å²) in [7, 11) is 0. The van der Waals surface area contributed by atoms with Crippen LogP contribution in [-0.4, -0.2) is 33.5 Å². The van der Waals surface area contributed by atoms with E-state index in [4.69, 9.17) is 14.0 Å². The van der Waals surface area contributed by atoms with Gasteiger partial charge in [0.1, 0.15) is 5.75 Å². The van der Waals surface area contributed by atoms with Crippen molar-refractivity contribution in [2.45, 2.75) is 33.4 Å². The maximum absolute atomic E-state index is 12.6. The molecule has 150 valence electrons. The third kappa shape index (κ3) is 4.59. The van der Waals surface area contributed by atoms with Gasteiger partial charge in [-0.25, -0.2) is 0 Å². The molecule has 0 aliphatic rings. The molecule has 3 rings (SSSR count). The summed E-state index contributed by atoms with van der Waals surface area (Å²) in [5, 5.41) is 7.01. The molecule has 0 amide bonds. The molecule has 0 spiro atoms. The highest BCUT2D eigenvalue weighted by Gasteiger charge is 2.38. The molecule has 0 radical (unpaired) electrons. The third-order valence-electron chi connectivity index (χ3n) is 3.66. The van der Waals surface area contributed by atoms with E-state index in [1.807, 2.05) is 0 Å². The first-order valence-electron chi connectivity index (χ1n) is 8.32. The van der Waals surface area contributed by atoms with E-state index in [9.17, 15) is 13.2 Å². The van der Waals surface area contributed by atoms with Crippen LogP contribution < -0.4 is 9.47 Å². The summed E-state index contributed by atoms with van der Waals surface area (Å²) < 4.78 is 58.0. The van der Waals surface area contributed by atoms with Gasteiger partial charge in [0.25, 0.3) is 0 Å². The van der Waals surface area contributed by atoms with Crippen molar-refractivity contribution in [2.75, 3.05) is 13.2 Å². The van der Waals surface area contributed by atoms with Crippen LogP contribution >= 0.6 is 0 Å². The van der Waals surface area contributed by atoms with Gasteiger partial charge in [0.2, 0.25) is 5.82 Å². The van der Waals surface area contributed by atoms with Gasteiger partial charge >= 0.3 is 18.1 Å². The van der Waals surface area contributed by atoms with E-state index in [-0.39, 0.29) is 11.9 Å². The minimum Gasteiger partial charge on any atom is -0.493 e. The number of hydrogen-bond acceptors (Lipinski definition) is 8. The first-order chi connectivity index (χ1) is 13.2. The van der Waals surface area contributed by atoms with Gasteiger partial charge in [0, 0.05) is 12.0 Å². The lowest BCUT2D eigenvalue weighted by Gasteiger charge is -2.13. The molecule has 0 saturated heterocycles. The predicted octanol–water partition coefficient (Wildman–Crippen LogP) is 3.91. The maximum atomic E-state index is 12.6. The van der Waals surface area contributed by atoms with Gasteiger partial charge in [-0.05, 0) is 44.0 Å². The highest BCUT2D eigenvalue weighted by atomic mass is 19.4. The molecular formula is C17H17F3N4O4. The molecule has 0 saturated carbocycles. The van der Waals surface area contributed by atoms with Crippen molar-refractivity contribution < 1.29 is 31.7 Å². The molecule has 1 aromatic carbocycles. The van der Waals surface area contributed by atoms with Gasteiger partial charge in [-0.2, -0.15) is 23.1 Å². The molecular weight excluding hydrogens is 381 g/mol. The van der Waals surface area contributed by atoms with E-state index in [2.05, 4.69) is 24.8 Å². The Bertz CT molecular complexity index is 929. The number of benzene rings is 1. The van der Waals surface area contributed by atoms with Crippen LogP contribution in [-0.2, 0) is 6.18 Å². The third-order valence-corrected chi connectivity index (χ3v) is 3.66. The standard InChI is InChI=1S/C17H17F3N4O4/c1-9-7-12(14-22-15(27-24-14)17(18,19)20)8-10(2)13(9)25-5-4-6-26-16-21-11(3)23-28-16/h7-8H,4-6H2,1-3H3. The van der Waals surface area contributed by atoms with E-state index < -0.39 is 12.1 Å². The zero-order valence-electron chi connectivity index (χ0n) is 15.3. The number of ether oxygens (including phenoxy) is 2. The lowest BCUT2D eigenvalue weighted by molar-refractivity contribution is -0.159. The molecule has 2 heterocycles. The van der Waals surface area contributed by atoms with Gasteiger partial charge in [-0.15, -0.1) is 0 Å².